The Hall–Kier alpha value is -1.28. The average Bonchev–Trinajstić information content (AvgIpc) is 2.94. The number of aryl methyl sites for hydroxylation is 2. The third-order valence-corrected chi connectivity index (χ3v) is 4.75. The van der Waals surface area contributed by atoms with Gasteiger partial charge < -0.3 is 10.4 Å². The number of carbonyl (C=O) groups is 2. The van der Waals surface area contributed by atoms with E-state index in [4.69, 9.17) is 5.11 Å². The first-order valence-corrected chi connectivity index (χ1v) is 8.59. The highest BCUT2D eigenvalue weighted by Gasteiger charge is 2.21. The summed E-state index contributed by atoms with van der Waals surface area (Å²) in [5, 5.41) is 14.7. The number of hydrogen-bond acceptors (Lipinski definition) is 5. The lowest BCUT2D eigenvalue weighted by Crippen LogP contribution is -2.43. The lowest BCUT2D eigenvalue weighted by Gasteiger charge is -2.13. The van der Waals surface area contributed by atoms with E-state index in [2.05, 4.69) is 15.6 Å². The Morgan fingerprint density at radius 2 is 2.30 bits per heavy atom. The van der Waals surface area contributed by atoms with Crippen molar-refractivity contribution < 1.29 is 14.7 Å². The second-order valence-electron chi connectivity index (χ2n) is 4.51. The van der Waals surface area contributed by atoms with Gasteiger partial charge in [-0.25, -0.2) is 14.6 Å². The van der Waals surface area contributed by atoms with Crippen molar-refractivity contribution in [3.05, 3.63) is 10.6 Å². The maximum atomic E-state index is 11.8. The van der Waals surface area contributed by atoms with Gasteiger partial charge >= 0.3 is 12.0 Å². The molecule has 1 aromatic heterocycles. The van der Waals surface area contributed by atoms with Crippen molar-refractivity contribution in [3.8, 4) is 0 Å². The predicted octanol–water partition coefficient (Wildman–Crippen LogP) is 1.96. The number of hydrogen-bond donors (Lipinski definition) is 3. The molecule has 0 aromatic carbocycles. The molecule has 0 spiro atoms. The van der Waals surface area contributed by atoms with Gasteiger partial charge in [0.15, 0.2) is 5.13 Å². The molecule has 6 nitrogen and oxygen atoms in total. The van der Waals surface area contributed by atoms with E-state index < -0.39 is 18.0 Å². The number of rotatable bonds is 6. The first kappa shape index (κ1) is 15.1. The molecule has 1 aliphatic carbocycles. The molecule has 0 radical (unpaired) electrons. The van der Waals surface area contributed by atoms with Crippen molar-refractivity contribution in [2.24, 2.45) is 0 Å². The molecule has 0 fully saturated rings. The summed E-state index contributed by atoms with van der Waals surface area (Å²) < 4.78 is 0. The van der Waals surface area contributed by atoms with Crippen LogP contribution in [-0.2, 0) is 17.6 Å². The van der Waals surface area contributed by atoms with Crippen molar-refractivity contribution >= 4 is 40.2 Å². The van der Waals surface area contributed by atoms with Crippen LogP contribution in [0, 0.1) is 0 Å². The SMILES string of the molecule is CSCC[C@@H](NC(=O)Nc1nc2c(s1)CCC2)C(=O)O. The predicted molar refractivity (Wildman–Crippen MR) is 80.7 cm³/mol. The largest absolute Gasteiger partial charge is 0.480 e. The van der Waals surface area contributed by atoms with Crippen LogP contribution in [0.15, 0.2) is 0 Å². The lowest BCUT2D eigenvalue weighted by molar-refractivity contribution is -0.139. The molecule has 0 saturated carbocycles. The molecule has 1 atom stereocenters. The number of carbonyl (C=O) groups excluding carboxylic acids is 1. The van der Waals surface area contributed by atoms with Crippen LogP contribution in [0.2, 0.25) is 0 Å². The van der Waals surface area contributed by atoms with E-state index in [1.807, 2.05) is 6.26 Å². The first-order valence-electron chi connectivity index (χ1n) is 6.38. The Labute approximate surface area is 125 Å². The van der Waals surface area contributed by atoms with Crippen molar-refractivity contribution in [2.45, 2.75) is 31.7 Å². The standard InChI is InChI=1S/C12H17N3O3S2/c1-19-6-5-8(10(16)17)13-11(18)15-12-14-7-3-2-4-9(7)20-12/h8H,2-6H2,1H3,(H,16,17)(H2,13,14,15,18)/t8-/m1/s1. The number of nitrogens with one attached hydrogen (secondary N) is 2. The summed E-state index contributed by atoms with van der Waals surface area (Å²) in [5.74, 6) is -0.334. The van der Waals surface area contributed by atoms with Crippen LogP contribution in [0.3, 0.4) is 0 Å². The Balaban J connectivity index is 1.88. The maximum Gasteiger partial charge on any atom is 0.326 e. The van der Waals surface area contributed by atoms with Crippen molar-refractivity contribution in [2.75, 3.05) is 17.3 Å². The van der Waals surface area contributed by atoms with Crippen molar-refractivity contribution in [1.82, 2.24) is 10.3 Å². The third-order valence-electron chi connectivity index (χ3n) is 3.03. The summed E-state index contributed by atoms with van der Waals surface area (Å²) in [6.45, 7) is 0. The number of thiazole rings is 1. The highest BCUT2D eigenvalue weighted by molar-refractivity contribution is 7.98. The average molecular weight is 315 g/mol. The molecule has 2 rings (SSSR count). The molecular formula is C12H17N3O3S2. The molecule has 1 aromatic rings. The smallest absolute Gasteiger partial charge is 0.326 e. The van der Waals surface area contributed by atoms with Crippen LogP contribution in [0.4, 0.5) is 9.93 Å². The molecule has 1 aliphatic rings. The van der Waals surface area contributed by atoms with Crippen LogP contribution in [-0.4, -0.2) is 40.1 Å². The Kier molecular flexibility index (Phi) is 5.24. The van der Waals surface area contributed by atoms with Gasteiger partial charge in [-0.1, -0.05) is 0 Å². The zero-order valence-corrected chi connectivity index (χ0v) is 12.8. The van der Waals surface area contributed by atoms with E-state index >= 15 is 0 Å². The summed E-state index contributed by atoms with van der Waals surface area (Å²) >= 11 is 3.02. The number of thioether (sulfide) groups is 1. The number of anilines is 1. The van der Waals surface area contributed by atoms with Gasteiger partial charge in [-0.15, -0.1) is 11.3 Å². The monoisotopic (exact) mass is 315 g/mol. The Bertz CT molecular complexity index is 483. The van der Waals surface area contributed by atoms with Crippen LogP contribution in [0.25, 0.3) is 0 Å². The molecule has 0 saturated heterocycles. The molecule has 2 amide bonds. The minimum absolute atomic E-state index is 0.401. The number of urea groups is 1. The minimum Gasteiger partial charge on any atom is -0.480 e. The highest BCUT2D eigenvalue weighted by Crippen LogP contribution is 2.30. The molecule has 3 N–H and O–H groups in total. The van der Waals surface area contributed by atoms with E-state index in [0.717, 1.165) is 25.0 Å². The molecule has 0 unspecified atom stereocenters. The number of amides is 2. The number of aliphatic carboxylic acids is 1. The number of aromatic nitrogens is 1. The summed E-state index contributed by atoms with van der Waals surface area (Å²) in [4.78, 5) is 28.4. The fourth-order valence-electron chi connectivity index (χ4n) is 2.03. The topological polar surface area (TPSA) is 91.3 Å². The number of carboxylic acid groups (broad SMARTS) is 1. The molecule has 0 aliphatic heterocycles. The van der Waals surface area contributed by atoms with Crippen molar-refractivity contribution in [3.63, 3.8) is 0 Å². The maximum absolute atomic E-state index is 11.8. The van der Waals surface area contributed by atoms with Gasteiger partial charge in [0.25, 0.3) is 0 Å². The molecule has 110 valence electrons. The van der Waals surface area contributed by atoms with Crippen LogP contribution < -0.4 is 10.6 Å². The number of nitrogens with zero attached hydrogens (tertiary/aromatic N) is 1. The van der Waals surface area contributed by atoms with Crippen LogP contribution in [0.1, 0.15) is 23.4 Å². The molecule has 0 bridgehead atoms. The van der Waals surface area contributed by atoms with Crippen molar-refractivity contribution in [1.29, 1.82) is 0 Å². The van der Waals surface area contributed by atoms with Crippen LogP contribution in [0.5, 0.6) is 0 Å². The fourth-order valence-corrected chi connectivity index (χ4v) is 3.54. The second-order valence-corrected chi connectivity index (χ2v) is 6.58. The number of fused-ring (bicyclic) bond motifs is 1. The third kappa shape index (κ3) is 3.86. The lowest BCUT2D eigenvalue weighted by atomic mass is 10.2. The molecule has 8 heteroatoms. The highest BCUT2D eigenvalue weighted by atomic mass is 32.2. The first-order chi connectivity index (χ1) is 9.60. The van der Waals surface area contributed by atoms with E-state index in [1.165, 1.54) is 16.2 Å². The van der Waals surface area contributed by atoms with Gasteiger partial charge in [-0.3, -0.25) is 5.32 Å². The Morgan fingerprint density at radius 3 is 2.95 bits per heavy atom. The van der Waals surface area contributed by atoms with E-state index in [1.54, 1.807) is 11.8 Å². The minimum atomic E-state index is -1.02. The molecular weight excluding hydrogens is 298 g/mol. The quantitative estimate of drug-likeness (QED) is 0.746. The summed E-state index contributed by atoms with van der Waals surface area (Å²) in [6, 6.07) is -1.37. The zero-order valence-electron chi connectivity index (χ0n) is 11.1. The second kappa shape index (κ2) is 6.94. The summed E-state index contributed by atoms with van der Waals surface area (Å²) in [5.41, 5.74) is 1.06. The van der Waals surface area contributed by atoms with Gasteiger partial charge in [-0.05, 0) is 37.7 Å². The molecule has 20 heavy (non-hydrogen) atoms. The molecule has 1 heterocycles. The zero-order chi connectivity index (χ0) is 14.5. The van der Waals surface area contributed by atoms with Gasteiger partial charge in [0.2, 0.25) is 0 Å². The summed E-state index contributed by atoms with van der Waals surface area (Å²) in [6.07, 6.45) is 5.40. The van der Waals surface area contributed by atoms with Gasteiger partial charge in [0.1, 0.15) is 6.04 Å². The number of carboxylic acids is 1. The van der Waals surface area contributed by atoms with Gasteiger partial charge in [0, 0.05) is 4.88 Å². The fraction of sp³-hybridized carbons (Fsp3) is 0.583. The van der Waals surface area contributed by atoms with Gasteiger partial charge in [0.05, 0.1) is 5.69 Å². The van der Waals surface area contributed by atoms with E-state index in [-0.39, 0.29) is 0 Å². The Morgan fingerprint density at radius 1 is 1.50 bits per heavy atom. The van der Waals surface area contributed by atoms with E-state index in [0.29, 0.717) is 17.3 Å². The van der Waals surface area contributed by atoms with Crippen LogP contribution >= 0.6 is 23.1 Å². The van der Waals surface area contributed by atoms with Gasteiger partial charge in [-0.2, -0.15) is 11.8 Å². The summed E-state index contributed by atoms with van der Waals surface area (Å²) in [7, 11) is 0. The van der Waals surface area contributed by atoms with E-state index in [9.17, 15) is 9.59 Å². The normalized spacial score (nSPS) is 14.7.